The van der Waals surface area contributed by atoms with E-state index in [0.29, 0.717) is 38.4 Å². The molecule has 8 nitrogen and oxygen atoms in total. The normalized spacial score (nSPS) is 16.6. The quantitative estimate of drug-likeness (QED) is 0.531. The third-order valence-electron chi connectivity index (χ3n) is 5.27. The first kappa shape index (κ1) is 22.3. The largest absolute Gasteiger partial charge is 0.364 e. The minimum absolute atomic E-state index is 0.0926. The predicted molar refractivity (Wildman–Crippen MR) is 118 cm³/mol. The van der Waals surface area contributed by atoms with Gasteiger partial charge in [0.15, 0.2) is 5.96 Å². The molecule has 0 radical (unpaired) electrons. The van der Waals surface area contributed by atoms with E-state index >= 15 is 0 Å². The highest BCUT2D eigenvalue weighted by molar-refractivity contribution is 7.88. The van der Waals surface area contributed by atoms with Crippen molar-refractivity contribution in [3.8, 4) is 0 Å². The molecule has 1 fully saturated rings. The van der Waals surface area contributed by atoms with E-state index in [1.54, 1.807) is 6.07 Å². The molecule has 1 aliphatic heterocycles. The summed E-state index contributed by atoms with van der Waals surface area (Å²) in [5.41, 5.74) is 1.58. The summed E-state index contributed by atoms with van der Waals surface area (Å²) in [6.45, 7) is 9.84. The summed E-state index contributed by atoms with van der Waals surface area (Å²) in [6.07, 6.45) is 1.39. The van der Waals surface area contributed by atoms with E-state index in [9.17, 15) is 8.42 Å². The fraction of sp³-hybridized carbons (Fsp3) is 0.524. The Morgan fingerprint density at radius 2 is 1.87 bits per heavy atom. The van der Waals surface area contributed by atoms with Gasteiger partial charge in [-0.1, -0.05) is 49.3 Å². The van der Waals surface area contributed by atoms with Crippen molar-refractivity contribution in [2.24, 2.45) is 4.99 Å². The molecule has 3 rings (SSSR count). The van der Waals surface area contributed by atoms with Crippen molar-refractivity contribution < 1.29 is 12.9 Å². The van der Waals surface area contributed by atoms with Crippen LogP contribution in [-0.4, -0.2) is 68.0 Å². The zero-order valence-electron chi connectivity index (χ0n) is 17.9. The van der Waals surface area contributed by atoms with Crippen LogP contribution in [0.2, 0.25) is 0 Å². The number of nitrogens with zero attached hydrogens (tertiary/aromatic N) is 4. The molecular formula is C21H31N5O3S. The average Bonchev–Trinajstić information content (AvgIpc) is 3.24. The van der Waals surface area contributed by atoms with Crippen LogP contribution in [0.25, 0.3) is 0 Å². The number of aromatic nitrogens is 1. The molecule has 0 bridgehead atoms. The van der Waals surface area contributed by atoms with E-state index in [2.05, 4.69) is 41.4 Å². The third kappa shape index (κ3) is 5.60. The Morgan fingerprint density at radius 3 is 2.47 bits per heavy atom. The lowest BCUT2D eigenvalue weighted by molar-refractivity contribution is 0.259. The Morgan fingerprint density at radius 1 is 1.17 bits per heavy atom. The molecule has 9 heteroatoms. The third-order valence-corrected chi connectivity index (χ3v) is 7.08. The van der Waals surface area contributed by atoms with Gasteiger partial charge in [0.05, 0.1) is 12.2 Å². The number of guanidine groups is 1. The number of piperazine rings is 1. The van der Waals surface area contributed by atoms with E-state index in [-0.39, 0.29) is 11.2 Å². The first-order valence-corrected chi connectivity index (χ1v) is 11.9. The number of aliphatic imine (C=N–C) groups is 1. The van der Waals surface area contributed by atoms with Crippen molar-refractivity contribution in [3.05, 3.63) is 53.9 Å². The molecule has 0 saturated carbocycles. The SMILES string of the molecule is CCNC(=NCC(C)(C)c1ccccc1)N1CCN(S(=O)(=O)Cc2ccon2)CC1. The van der Waals surface area contributed by atoms with E-state index in [1.165, 1.54) is 16.1 Å². The van der Waals surface area contributed by atoms with Crippen LogP contribution in [0.1, 0.15) is 32.0 Å². The summed E-state index contributed by atoms with van der Waals surface area (Å²) in [5, 5.41) is 7.07. The van der Waals surface area contributed by atoms with Crippen molar-refractivity contribution in [2.45, 2.75) is 31.9 Å². The molecule has 1 aromatic heterocycles. The maximum Gasteiger partial charge on any atom is 0.220 e. The molecule has 1 saturated heterocycles. The molecule has 1 aliphatic rings. The van der Waals surface area contributed by atoms with Crippen molar-refractivity contribution in [1.29, 1.82) is 0 Å². The van der Waals surface area contributed by atoms with Gasteiger partial charge in [-0.3, -0.25) is 4.99 Å². The molecule has 1 aromatic carbocycles. The van der Waals surface area contributed by atoms with Crippen molar-refractivity contribution in [1.82, 2.24) is 19.7 Å². The van der Waals surface area contributed by atoms with Crippen LogP contribution >= 0.6 is 0 Å². The minimum Gasteiger partial charge on any atom is -0.364 e. The summed E-state index contributed by atoms with van der Waals surface area (Å²) in [5.74, 6) is 0.693. The number of hydrogen-bond acceptors (Lipinski definition) is 5. The highest BCUT2D eigenvalue weighted by Gasteiger charge is 2.29. The maximum absolute atomic E-state index is 12.6. The van der Waals surface area contributed by atoms with Crippen LogP contribution < -0.4 is 5.32 Å². The van der Waals surface area contributed by atoms with Gasteiger partial charge in [0.25, 0.3) is 0 Å². The number of benzene rings is 1. The molecule has 0 aliphatic carbocycles. The Labute approximate surface area is 179 Å². The average molecular weight is 434 g/mol. The number of hydrogen-bond donors (Lipinski definition) is 1. The van der Waals surface area contributed by atoms with Gasteiger partial charge in [0.2, 0.25) is 10.0 Å². The van der Waals surface area contributed by atoms with Gasteiger partial charge >= 0.3 is 0 Å². The van der Waals surface area contributed by atoms with Gasteiger partial charge in [-0.15, -0.1) is 0 Å². The number of sulfonamides is 1. The lowest BCUT2D eigenvalue weighted by Crippen LogP contribution is -2.54. The Hall–Kier alpha value is -2.39. The van der Waals surface area contributed by atoms with E-state index in [0.717, 1.165) is 12.5 Å². The zero-order valence-corrected chi connectivity index (χ0v) is 18.7. The minimum atomic E-state index is -3.42. The Bertz CT molecular complexity index is 919. The number of nitrogens with one attached hydrogen (secondary N) is 1. The van der Waals surface area contributed by atoms with Gasteiger partial charge in [0.1, 0.15) is 12.0 Å². The van der Waals surface area contributed by atoms with E-state index < -0.39 is 10.0 Å². The smallest absolute Gasteiger partial charge is 0.220 e. The van der Waals surface area contributed by atoms with Crippen LogP contribution in [-0.2, 0) is 21.2 Å². The molecule has 0 unspecified atom stereocenters. The van der Waals surface area contributed by atoms with Crippen molar-refractivity contribution in [2.75, 3.05) is 39.3 Å². The highest BCUT2D eigenvalue weighted by atomic mass is 32.2. The first-order chi connectivity index (χ1) is 14.3. The maximum atomic E-state index is 12.6. The summed E-state index contributed by atoms with van der Waals surface area (Å²) >= 11 is 0. The summed E-state index contributed by atoms with van der Waals surface area (Å²) in [7, 11) is -3.42. The van der Waals surface area contributed by atoms with Crippen molar-refractivity contribution >= 4 is 16.0 Å². The van der Waals surface area contributed by atoms with Crippen LogP contribution in [0.4, 0.5) is 0 Å². The second-order valence-corrected chi connectivity index (χ2v) is 10.0. The lowest BCUT2D eigenvalue weighted by atomic mass is 9.85. The summed E-state index contributed by atoms with van der Waals surface area (Å²) < 4.78 is 31.6. The number of rotatable bonds is 7. The molecular weight excluding hydrogens is 402 g/mol. The van der Waals surface area contributed by atoms with Crippen LogP contribution in [0, 0.1) is 0 Å². The zero-order chi connectivity index (χ0) is 21.6. The van der Waals surface area contributed by atoms with Crippen LogP contribution in [0.15, 0.2) is 52.2 Å². The lowest BCUT2D eigenvalue weighted by Gasteiger charge is -2.36. The molecule has 0 atom stereocenters. The second-order valence-electron chi connectivity index (χ2n) is 8.05. The van der Waals surface area contributed by atoms with Gasteiger partial charge in [-0.05, 0) is 12.5 Å². The molecule has 1 N–H and O–H groups in total. The van der Waals surface area contributed by atoms with Gasteiger partial charge in [-0.2, -0.15) is 4.31 Å². The fourth-order valence-electron chi connectivity index (χ4n) is 3.45. The van der Waals surface area contributed by atoms with Crippen molar-refractivity contribution in [3.63, 3.8) is 0 Å². The summed E-state index contributed by atoms with van der Waals surface area (Å²) in [6, 6.07) is 11.9. The summed E-state index contributed by atoms with van der Waals surface area (Å²) in [4.78, 5) is 7.01. The highest BCUT2D eigenvalue weighted by Crippen LogP contribution is 2.23. The van der Waals surface area contributed by atoms with E-state index in [4.69, 9.17) is 9.52 Å². The predicted octanol–water partition coefficient (Wildman–Crippen LogP) is 2.07. The molecule has 2 heterocycles. The molecule has 0 spiro atoms. The van der Waals surface area contributed by atoms with Crippen LogP contribution in [0.5, 0.6) is 0 Å². The standard InChI is InChI=1S/C21H31N5O3S/c1-4-22-20(23-17-21(2,3)18-8-6-5-7-9-18)25-11-13-26(14-12-25)30(27,28)16-19-10-15-29-24-19/h5-10,15H,4,11-14,16-17H2,1-3H3,(H,22,23). The Balaban J connectivity index is 1.63. The van der Waals surface area contributed by atoms with Gasteiger partial charge < -0.3 is 14.7 Å². The first-order valence-electron chi connectivity index (χ1n) is 10.3. The molecule has 0 amide bonds. The van der Waals surface area contributed by atoms with Crippen LogP contribution in [0.3, 0.4) is 0 Å². The Kier molecular flexibility index (Phi) is 7.14. The van der Waals surface area contributed by atoms with Gasteiger partial charge in [0, 0.05) is 44.2 Å². The molecule has 30 heavy (non-hydrogen) atoms. The second kappa shape index (κ2) is 9.61. The van der Waals surface area contributed by atoms with E-state index in [1.807, 2.05) is 25.1 Å². The molecule has 164 valence electrons. The topological polar surface area (TPSA) is 91.0 Å². The molecule has 2 aromatic rings. The fourth-order valence-corrected chi connectivity index (χ4v) is 4.87. The monoisotopic (exact) mass is 433 g/mol. The van der Waals surface area contributed by atoms with Gasteiger partial charge in [-0.25, -0.2) is 8.42 Å².